The molecule has 2 nitrogen and oxygen atoms in total. The zero-order chi connectivity index (χ0) is 43.7. The molecule has 3 heterocycles. The van der Waals surface area contributed by atoms with Gasteiger partial charge in [-0.05, 0) is 118 Å². The number of benzene rings is 7. The number of hydrogen-bond donors (Lipinski definition) is 0. The van der Waals surface area contributed by atoms with Crippen molar-refractivity contribution in [3.63, 3.8) is 0 Å². The summed E-state index contributed by atoms with van der Waals surface area (Å²) in [6, 6.07) is 57.5. The summed E-state index contributed by atoms with van der Waals surface area (Å²) in [4.78, 5) is 7.88. The van der Waals surface area contributed by atoms with Crippen LogP contribution in [0, 0.1) is 5.92 Å². The average Bonchev–Trinajstić information content (AvgIpc) is 3.81. The highest BCUT2D eigenvalue weighted by molar-refractivity contribution is 7.16. The molecule has 0 N–H and O–H groups in total. The lowest BCUT2D eigenvalue weighted by Crippen LogP contribution is -2.35. The van der Waals surface area contributed by atoms with Crippen LogP contribution in [0.15, 0.2) is 169 Å². The molecule has 0 saturated carbocycles. The highest BCUT2D eigenvalue weighted by Gasteiger charge is 2.43. The fourth-order valence-electron chi connectivity index (χ4n) is 11.3. The smallest absolute Gasteiger partial charge is 0.0540 e. The molecule has 0 saturated heterocycles. The molecule has 1 unspecified atom stereocenters. The van der Waals surface area contributed by atoms with Gasteiger partial charge in [0, 0.05) is 37.3 Å². The standard InChI is InChI=1S/C61H58N2S/c1-7-8-9-10-20-41-23-17-28-45(40(41)2)59-36-35-58(64-59)44-33-34-55-49(37-44)61(5,6)51-39-56-50(38-57(51)63(55)53-32-19-25-43-22-12-14-27-47(43)53)60(3,4)48-29-15-16-30-54(48)62(56)52-31-18-24-42-21-11-13-26-46(42)52/h11-16,18-19,21-40H,7-10,17,20H2,1-6H3. The van der Waals surface area contributed by atoms with E-state index in [2.05, 4.69) is 215 Å². The number of nitrogens with zero attached hydrogens (tertiary/aromatic N) is 2. The molecule has 318 valence electrons. The monoisotopic (exact) mass is 850 g/mol. The van der Waals surface area contributed by atoms with Gasteiger partial charge < -0.3 is 9.80 Å². The summed E-state index contributed by atoms with van der Waals surface area (Å²) in [6.45, 7) is 14.5. The van der Waals surface area contributed by atoms with Crippen LogP contribution in [0.1, 0.15) is 107 Å². The Morgan fingerprint density at radius 3 is 1.72 bits per heavy atom. The number of hydrogen-bond acceptors (Lipinski definition) is 3. The van der Waals surface area contributed by atoms with Gasteiger partial charge in [-0.1, -0.05) is 176 Å². The molecule has 11 rings (SSSR count). The molecule has 0 amide bonds. The minimum Gasteiger partial charge on any atom is -0.309 e. The second kappa shape index (κ2) is 15.8. The fraction of sp³-hybridized carbons (Fsp3) is 0.246. The molecule has 0 spiro atoms. The molecule has 2 aliphatic heterocycles. The van der Waals surface area contributed by atoms with Crippen LogP contribution in [0.25, 0.3) is 37.6 Å². The average molecular weight is 851 g/mol. The molecular formula is C61H58N2S. The van der Waals surface area contributed by atoms with Gasteiger partial charge in [0.05, 0.1) is 34.1 Å². The first-order valence-electron chi connectivity index (χ1n) is 23.6. The summed E-state index contributed by atoms with van der Waals surface area (Å²) in [5, 5.41) is 5.00. The molecule has 64 heavy (non-hydrogen) atoms. The number of allylic oxidation sites excluding steroid dienone is 4. The molecule has 1 atom stereocenters. The van der Waals surface area contributed by atoms with Gasteiger partial charge in [-0.3, -0.25) is 0 Å². The third-order valence-electron chi connectivity index (χ3n) is 14.9. The largest absolute Gasteiger partial charge is 0.309 e. The third-order valence-corrected chi connectivity index (χ3v) is 16.1. The Kier molecular flexibility index (Phi) is 10.0. The van der Waals surface area contributed by atoms with Gasteiger partial charge in [0.25, 0.3) is 0 Å². The van der Waals surface area contributed by atoms with Crippen LogP contribution in [-0.4, -0.2) is 0 Å². The number of para-hydroxylation sites is 1. The second-order valence-corrected chi connectivity index (χ2v) is 20.5. The molecular weight excluding hydrogens is 793 g/mol. The molecule has 3 aliphatic rings. The van der Waals surface area contributed by atoms with Gasteiger partial charge >= 0.3 is 0 Å². The highest BCUT2D eigenvalue weighted by Crippen LogP contribution is 2.60. The number of thiophene rings is 1. The zero-order valence-electron chi connectivity index (χ0n) is 38.2. The predicted molar refractivity (Wildman–Crippen MR) is 277 cm³/mol. The normalized spacial score (nSPS) is 17.1. The van der Waals surface area contributed by atoms with Crippen molar-refractivity contribution in [1.29, 1.82) is 0 Å². The quantitative estimate of drug-likeness (QED) is 0.105. The summed E-state index contributed by atoms with van der Waals surface area (Å²) >= 11 is 1.96. The van der Waals surface area contributed by atoms with Gasteiger partial charge in [-0.15, -0.1) is 11.3 Å². The summed E-state index contributed by atoms with van der Waals surface area (Å²) in [6.07, 6.45) is 12.5. The Bertz CT molecular complexity index is 3160. The Labute approximate surface area is 384 Å². The van der Waals surface area contributed by atoms with Gasteiger partial charge in [0.2, 0.25) is 0 Å². The third kappa shape index (κ3) is 6.49. The molecule has 8 aromatic rings. The van der Waals surface area contributed by atoms with E-state index >= 15 is 0 Å². The van der Waals surface area contributed by atoms with Gasteiger partial charge in [0.15, 0.2) is 0 Å². The Balaban J connectivity index is 1.08. The lowest BCUT2D eigenvalue weighted by molar-refractivity contribution is 0.615. The van der Waals surface area contributed by atoms with Crippen LogP contribution in [0.2, 0.25) is 0 Å². The van der Waals surface area contributed by atoms with E-state index in [1.165, 1.54) is 131 Å². The van der Waals surface area contributed by atoms with Gasteiger partial charge in [-0.2, -0.15) is 0 Å². The molecule has 7 aromatic carbocycles. The van der Waals surface area contributed by atoms with Crippen LogP contribution < -0.4 is 9.80 Å². The van der Waals surface area contributed by atoms with E-state index in [1.54, 1.807) is 5.57 Å². The number of anilines is 6. The van der Waals surface area contributed by atoms with Crippen molar-refractivity contribution in [3.8, 4) is 10.4 Å². The molecule has 1 aliphatic carbocycles. The van der Waals surface area contributed by atoms with Crippen molar-refractivity contribution >= 4 is 72.6 Å². The van der Waals surface area contributed by atoms with E-state index in [0.29, 0.717) is 5.92 Å². The number of unbranched alkanes of at least 4 members (excludes halogenated alkanes) is 3. The maximum atomic E-state index is 2.59. The highest BCUT2D eigenvalue weighted by atomic mass is 32.1. The van der Waals surface area contributed by atoms with E-state index in [-0.39, 0.29) is 10.8 Å². The first kappa shape index (κ1) is 40.6. The van der Waals surface area contributed by atoms with E-state index in [9.17, 15) is 0 Å². The first-order chi connectivity index (χ1) is 31.1. The van der Waals surface area contributed by atoms with Crippen LogP contribution in [0.3, 0.4) is 0 Å². The van der Waals surface area contributed by atoms with Crippen molar-refractivity contribution in [2.45, 2.75) is 90.9 Å². The zero-order valence-corrected chi connectivity index (χ0v) is 39.0. The minimum absolute atomic E-state index is 0.255. The van der Waals surface area contributed by atoms with Crippen molar-refractivity contribution in [1.82, 2.24) is 0 Å². The molecule has 0 fully saturated rings. The van der Waals surface area contributed by atoms with Crippen molar-refractivity contribution < 1.29 is 0 Å². The SMILES string of the molecule is CCCCCCC1=CCC=C(c2ccc(-c3ccc4c(c3)C(C)(C)c3cc5c(cc3N4c3cccc4ccccc34)C(C)(C)c3ccccc3N5c3cccc4ccccc34)s2)C1C. The van der Waals surface area contributed by atoms with Crippen LogP contribution in [0.5, 0.6) is 0 Å². The summed E-state index contributed by atoms with van der Waals surface area (Å²) in [5.41, 5.74) is 16.6. The summed E-state index contributed by atoms with van der Waals surface area (Å²) < 4.78 is 0. The molecule has 1 aromatic heterocycles. The minimum atomic E-state index is -0.319. The summed E-state index contributed by atoms with van der Waals surface area (Å²) in [5.74, 6) is 0.464. The van der Waals surface area contributed by atoms with E-state index < -0.39 is 0 Å². The van der Waals surface area contributed by atoms with Gasteiger partial charge in [0.1, 0.15) is 0 Å². The van der Waals surface area contributed by atoms with Crippen molar-refractivity contribution in [2.24, 2.45) is 5.92 Å². The second-order valence-electron chi connectivity index (χ2n) is 19.4. The number of fused-ring (bicyclic) bond motifs is 6. The van der Waals surface area contributed by atoms with Crippen LogP contribution in [-0.2, 0) is 10.8 Å². The molecule has 3 heteroatoms. The lowest BCUT2D eigenvalue weighted by atomic mass is 9.68. The van der Waals surface area contributed by atoms with E-state index in [4.69, 9.17) is 0 Å². The Hall–Kier alpha value is -6.16. The van der Waals surface area contributed by atoms with Crippen LogP contribution in [0.4, 0.5) is 34.1 Å². The Morgan fingerprint density at radius 1 is 0.500 bits per heavy atom. The molecule has 0 bridgehead atoms. The maximum absolute atomic E-state index is 2.59. The number of rotatable bonds is 9. The maximum Gasteiger partial charge on any atom is 0.0540 e. The Morgan fingerprint density at radius 2 is 1.05 bits per heavy atom. The van der Waals surface area contributed by atoms with E-state index in [1.807, 2.05) is 11.3 Å². The van der Waals surface area contributed by atoms with Crippen molar-refractivity contribution in [2.75, 3.05) is 9.80 Å². The lowest BCUT2D eigenvalue weighted by Gasteiger charge is -2.47. The predicted octanol–water partition coefficient (Wildman–Crippen LogP) is 18.3. The first-order valence-corrected chi connectivity index (χ1v) is 24.4. The molecule has 0 radical (unpaired) electrons. The van der Waals surface area contributed by atoms with Gasteiger partial charge in [-0.25, -0.2) is 0 Å². The van der Waals surface area contributed by atoms with Crippen molar-refractivity contribution in [3.05, 3.63) is 197 Å². The fourth-order valence-corrected chi connectivity index (χ4v) is 12.5. The van der Waals surface area contributed by atoms with Crippen LogP contribution >= 0.6 is 11.3 Å². The van der Waals surface area contributed by atoms with E-state index in [0.717, 1.165) is 6.42 Å². The topological polar surface area (TPSA) is 6.48 Å². The summed E-state index contributed by atoms with van der Waals surface area (Å²) in [7, 11) is 0.